The van der Waals surface area contributed by atoms with Gasteiger partial charge in [0.2, 0.25) is 0 Å². The molecule has 3 aromatic rings. The molecule has 0 bridgehead atoms. The Bertz CT molecular complexity index is 1180. The van der Waals surface area contributed by atoms with E-state index in [4.69, 9.17) is 14.6 Å². The Hall–Kier alpha value is -3.56. The molecule has 6 heteroatoms. The smallest absolute Gasteiger partial charge is 0.335 e. The maximum atomic E-state index is 11.0. The highest BCUT2D eigenvalue weighted by Gasteiger charge is 2.12. The van der Waals surface area contributed by atoms with Gasteiger partial charge >= 0.3 is 5.97 Å². The van der Waals surface area contributed by atoms with E-state index in [1.54, 1.807) is 31.4 Å². The molecule has 0 radical (unpaired) electrons. The number of aryl methyl sites for hydroxylation is 1. The van der Waals surface area contributed by atoms with E-state index in [0.717, 1.165) is 21.2 Å². The van der Waals surface area contributed by atoms with Crippen LogP contribution in [0.5, 0.6) is 11.5 Å². The van der Waals surface area contributed by atoms with Gasteiger partial charge < -0.3 is 14.6 Å². The number of aromatic carboxylic acids is 1. The Morgan fingerprint density at radius 3 is 2.42 bits per heavy atom. The molecule has 0 heterocycles. The molecule has 0 atom stereocenters. The molecule has 31 heavy (non-hydrogen) atoms. The van der Waals surface area contributed by atoms with Crippen molar-refractivity contribution in [3.8, 4) is 17.6 Å². The lowest BCUT2D eigenvalue weighted by molar-refractivity contribution is 0.0697. The Labute approximate surface area is 189 Å². The first kappa shape index (κ1) is 22.1. The molecule has 3 rings (SSSR count). The standard InChI is InChI=1S/C25H20BrNO4/c1-16-4-3-5-17(10-16)15-31-24-13-22(26)20(12-23(24)30-2)11-21(14-27)18-6-8-19(9-7-18)25(28)29/h3-13H,15H2,1-2H3,(H,28,29)/b21-11-. The van der Waals surface area contributed by atoms with Crippen LogP contribution in [-0.2, 0) is 6.61 Å². The molecule has 3 aromatic carbocycles. The second-order valence-corrected chi connectivity index (χ2v) is 7.71. The zero-order valence-corrected chi connectivity index (χ0v) is 18.6. The first-order chi connectivity index (χ1) is 14.9. The average Bonchev–Trinajstić information content (AvgIpc) is 2.77. The van der Waals surface area contributed by atoms with Crippen molar-refractivity contribution in [3.63, 3.8) is 0 Å². The number of hydrogen-bond acceptors (Lipinski definition) is 4. The summed E-state index contributed by atoms with van der Waals surface area (Å²) in [5.41, 5.74) is 4.14. The van der Waals surface area contributed by atoms with E-state index in [-0.39, 0.29) is 5.56 Å². The average molecular weight is 478 g/mol. The Balaban J connectivity index is 1.88. The van der Waals surface area contributed by atoms with Crippen LogP contribution in [0.4, 0.5) is 0 Å². The lowest BCUT2D eigenvalue weighted by atomic mass is 10.0. The molecule has 1 N–H and O–H groups in total. The third-order valence-corrected chi connectivity index (χ3v) is 5.31. The fourth-order valence-corrected chi connectivity index (χ4v) is 3.46. The van der Waals surface area contributed by atoms with Crippen LogP contribution < -0.4 is 9.47 Å². The number of halogens is 1. The van der Waals surface area contributed by atoms with E-state index >= 15 is 0 Å². The summed E-state index contributed by atoms with van der Waals surface area (Å²) in [7, 11) is 1.56. The number of methoxy groups -OCH3 is 1. The van der Waals surface area contributed by atoms with Gasteiger partial charge in [0.25, 0.3) is 0 Å². The fraction of sp³-hybridized carbons (Fsp3) is 0.120. The number of nitriles is 1. The zero-order valence-electron chi connectivity index (χ0n) is 17.1. The molecule has 5 nitrogen and oxygen atoms in total. The summed E-state index contributed by atoms with van der Waals surface area (Å²) in [6.45, 7) is 2.43. The summed E-state index contributed by atoms with van der Waals surface area (Å²) in [4.78, 5) is 11.0. The van der Waals surface area contributed by atoms with E-state index in [1.165, 1.54) is 12.1 Å². The predicted molar refractivity (Wildman–Crippen MR) is 123 cm³/mol. The van der Waals surface area contributed by atoms with Crippen LogP contribution in [0.15, 0.2) is 65.1 Å². The van der Waals surface area contributed by atoms with Gasteiger partial charge in [-0.05, 0) is 54.0 Å². The number of carboxylic acids is 1. The summed E-state index contributed by atoms with van der Waals surface area (Å²) in [5.74, 6) is 0.112. The summed E-state index contributed by atoms with van der Waals surface area (Å²) in [6, 6.07) is 20.0. The maximum absolute atomic E-state index is 11.0. The van der Waals surface area contributed by atoms with E-state index in [2.05, 4.69) is 28.1 Å². The van der Waals surface area contributed by atoms with Gasteiger partial charge in [-0.2, -0.15) is 5.26 Å². The van der Waals surface area contributed by atoms with Gasteiger partial charge in [0.1, 0.15) is 6.61 Å². The number of benzene rings is 3. The number of carbonyl (C=O) groups is 1. The van der Waals surface area contributed by atoms with E-state index in [0.29, 0.717) is 29.2 Å². The molecule has 0 unspecified atom stereocenters. The van der Waals surface area contributed by atoms with E-state index in [1.807, 2.05) is 31.2 Å². The number of allylic oxidation sites excluding steroid dienone is 1. The predicted octanol–water partition coefficient (Wildman–Crippen LogP) is 6.11. The van der Waals surface area contributed by atoms with Gasteiger partial charge in [-0.15, -0.1) is 0 Å². The van der Waals surface area contributed by atoms with Gasteiger partial charge in [-0.1, -0.05) is 57.9 Å². The molecule has 0 aromatic heterocycles. The third kappa shape index (κ3) is 5.53. The summed E-state index contributed by atoms with van der Waals surface area (Å²) >= 11 is 3.54. The van der Waals surface area contributed by atoms with E-state index in [9.17, 15) is 10.1 Å². The topological polar surface area (TPSA) is 79.5 Å². The van der Waals surface area contributed by atoms with E-state index < -0.39 is 5.97 Å². The highest BCUT2D eigenvalue weighted by atomic mass is 79.9. The summed E-state index contributed by atoms with van der Waals surface area (Å²) in [6.07, 6.45) is 1.71. The van der Waals surface area contributed by atoms with Crippen LogP contribution in [0.2, 0.25) is 0 Å². The van der Waals surface area contributed by atoms with Crippen molar-refractivity contribution >= 4 is 33.5 Å². The molecule has 0 fully saturated rings. The quantitative estimate of drug-likeness (QED) is 0.328. The second kappa shape index (κ2) is 9.96. The molecule has 0 aliphatic rings. The van der Waals surface area contributed by atoms with Crippen molar-refractivity contribution in [1.29, 1.82) is 5.26 Å². The van der Waals surface area contributed by atoms with Gasteiger partial charge in [0.15, 0.2) is 11.5 Å². The summed E-state index contributed by atoms with van der Waals surface area (Å²) in [5, 5.41) is 18.7. The summed E-state index contributed by atoms with van der Waals surface area (Å²) < 4.78 is 12.2. The Morgan fingerprint density at radius 2 is 1.81 bits per heavy atom. The first-order valence-corrected chi connectivity index (χ1v) is 10.2. The van der Waals surface area contributed by atoms with Crippen LogP contribution in [0.25, 0.3) is 11.6 Å². The molecular formula is C25H20BrNO4. The lowest BCUT2D eigenvalue weighted by Crippen LogP contribution is -1.99. The maximum Gasteiger partial charge on any atom is 0.335 e. The third-order valence-electron chi connectivity index (χ3n) is 4.62. The highest BCUT2D eigenvalue weighted by Crippen LogP contribution is 2.36. The van der Waals surface area contributed by atoms with Gasteiger partial charge in [-0.25, -0.2) is 4.79 Å². The van der Waals surface area contributed by atoms with Gasteiger partial charge in [-0.3, -0.25) is 0 Å². The minimum Gasteiger partial charge on any atom is -0.493 e. The number of carboxylic acid groups (broad SMARTS) is 1. The largest absolute Gasteiger partial charge is 0.493 e. The molecule has 0 amide bonds. The zero-order chi connectivity index (χ0) is 22.4. The minimum atomic E-state index is -1.01. The Kier molecular flexibility index (Phi) is 7.11. The van der Waals surface area contributed by atoms with Crippen LogP contribution in [0, 0.1) is 18.3 Å². The first-order valence-electron chi connectivity index (χ1n) is 9.42. The van der Waals surface area contributed by atoms with Crippen molar-refractivity contribution in [1.82, 2.24) is 0 Å². The fourth-order valence-electron chi connectivity index (χ4n) is 3.02. The molecular weight excluding hydrogens is 458 g/mol. The van der Waals surface area contributed by atoms with Gasteiger partial charge in [0, 0.05) is 4.47 Å². The molecule has 0 saturated heterocycles. The van der Waals surface area contributed by atoms with Crippen LogP contribution in [0.1, 0.15) is 32.6 Å². The lowest BCUT2D eigenvalue weighted by Gasteiger charge is -2.13. The minimum absolute atomic E-state index is 0.166. The van der Waals surface area contributed by atoms with Crippen LogP contribution in [-0.4, -0.2) is 18.2 Å². The van der Waals surface area contributed by atoms with Crippen LogP contribution in [0.3, 0.4) is 0 Å². The number of rotatable bonds is 7. The number of nitrogens with zero attached hydrogens (tertiary/aromatic N) is 1. The molecule has 0 aliphatic carbocycles. The van der Waals surface area contributed by atoms with Crippen molar-refractivity contribution in [2.24, 2.45) is 0 Å². The molecule has 0 aliphatic heterocycles. The number of hydrogen-bond donors (Lipinski definition) is 1. The van der Waals surface area contributed by atoms with Crippen molar-refractivity contribution in [2.45, 2.75) is 13.5 Å². The van der Waals surface area contributed by atoms with Crippen molar-refractivity contribution < 1.29 is 19.4 Å². The second-order valence-electron chi connectivity index (χ2n) is 6.85. The number of ether oxygens (including phenoxy) is 2. The molecule has 0 spiro atoms. The molecule has 0 saturated carbocycles. The SMILES string of the molecule is COc1cc(/C=C(/C#N)c2ccc(C(=O)O)cc2)c(Br)cc1OCc1cccc(C)c1. The monoisotopic (exact) mass is 477 g/mol. The highest BCUT2D eigenvalue weighted by molar-refractivity contribution is 9.10. The van der Waals surface area contributed by atoms with Crippen LogP contribution >= 0.6 is 15.9 Å². The van der Waals surface area contributed by atoms with Crippen molar-refractivity contribution in [2.75, 3.05) is 7.11 Å². The van der Waals surface area contributed by atoms with Crippen molar-refractivity contribution in [3.05, 3.63) is 93.0 Å². The normalized spacial score (nSPS) is 11.0. The Morgan fingerprint density at radius 1 is 1.10 bits per heavy atom. The van der Waals surface area contributed by atoms with Gasteiger partial charge in [0.05, 0.1) is 24.3 Å². The molecule has 156 valence electrons.